The van der Waals surface area contributed by atoms with Crippen LogP contribution in [0.2, 0.25) is 0 Å². The van der Waals surface area contributed by atoms with E-state index < -0.39 is 0 Å². The van der Waals surface area contributed by atoms with Crippen molar-refractivity contribution in [3.8, 4) is 11.5 Å². The van der Waals surface area contributed by atoms with E-state index in [1.165, 1.54) is 23.9 Å². The number of aromatic nitrogens is 4. The largest absolute Gasteiger partial charge is 0.444 e. The standard InChI is InChI=1S/C19H22FN5O2S/c1-12(2)9-25-17(8-7-16(21)26)23-24-19(25)28-11-15-10-27-18(22-15)13-3-5-14(20)6-4-13/h3-6,10,12H,7-9,11H2,1-2H3,(H2,21,26). The van der Waals surface area contributed by atoms with E-state index in [-0.39, 0.29) is 18.1 Å². The predicted molar refractivity (Wildman–Crippen MR) is 104 cm³/mol. The number of nitrogens with zero attached hydrogens (tertiary/aromatic N) is 4. The van der Waals surface area contributed by atoms with Crippen LogP contribution in [-0.4, -0.2) is 25.7 Å². The SMILES string of the molecule is CC(C)Cn1c(CCC(N)=O)nnc1SCc1coc(-c2ccc(F)cc2)n1. The first-order valence-electron chi connectivity index (χ1n) is 8.96. The summed E-state index contributed by atoms with van der Waals surface area (Å²) >= 11 is 1.50. The van der Waals surface area contributed by atoms with Gasteiger partial charge < -0.3 is 14.7 Å². The highest BCUT2D eigenvalue weighted by molar-refractivity contribution is 7.98. The molecule has 0 saturated heterocycles. The van der Waals surface area contributed by atoms with Crippen molar-refractivity contribution in [2.24, 2.45) is 11.7 Å². The number of carbonyl (C=O) groups excluding carboxylic acids is 1. The molecule has 2 aromatic heterocycles. The summed E-state index contributed by atoms with van der Waals surface area (Å²) in [7, 11) is 0. The number of amides is 1. The molecule has 148 valence electrons. The molecule has 3 aromatic rings. The normalized spacial score (nSPS) is 11.3. The molecule has 3 rings (SSSR count). The highest BCUT2D eigenvalue weighted by atomic mass is 32.2. The maximum Gasteiger partial charge on any atom is 0.226 e. The van der Waals surface area contributed by atoms with Crippen molar-refractivity contribution in [2.45, 2.75) is 44.1 Å². The van der Waals surface area contributed by atoms with Crippen LogP contribution in [0.5, 0.6) is 0 Å². The fourth-order valence-corrected chi connectivity index (χ4v) is 3.47. The molecule has 0 aliphatic heterocycles. The Balaban J connectivity index is 1.70. The van der Waals surface area contributed by atoms with Crippen LogP contribution in [-0.2, 0) is 23.5 Å². The van der Waals surface area contributed by atoms with E-state index in [0.29, 0.717) is 24.0 Å². The molecule has 2 N–H and O–H groups in total. The summed E-state index contributed by atoms with van der Waals surface area (Å²) in [5.41, 5.74) is 6.72. The van der Waals surface area contributed by atoms with Crippen molar-refractivity contribution in [1.29, 1.82) is 0 Å². The van der Waals surface area contributed by atoms with Gasteiger partial charge in [-0.3, -0.25) is 4.79 Å². The second-order valence-electron chi connectivity index (χ2n) is 6.81. The molecule has 0 fully saturated rings. The molecule has 0 bridgehead atoms. The molecule has 1 aromatic carbocycles. The van der Waals surface area contributed by atoms with Crippen LogP contribution >= 0.6 is 11.8 Å². The molecule has 0 atom stereocenters. The first-order chi connectivity index (χ1) is 13.4. The minimum Gasteiger partial charge on any atom is -0.444 e. The molecule has 2 heterocycles. The van der Waals surface area contributed by atoms with E-state index in [9.17, 15) is 9.18 Å². The van der Waals surface area contributed by atoms with E-state index in [2.05, 4.69) is 29.0 Å². The van der Waals surface area contributed by atoms with Gasteiger partial charge in [-0.15, -0.1) is 10.2 Å². The van der Waals surface area contributed by atoms with Crippen LogP contribution in [0.3, 0.4) is 0 Å². The molecular weight excluding hydrogens is 381 g/mol. The van der Waals surface area contributed by atoms with Gasteiger partial charge in [-0.25, -0.2) is 9.37 Å². The van der Waals surface area contributed by atoms with E-state index in [1.54, 1.807) is 18.4 Å². The van der Waals surface area contributed by atoms with E-state index in [4.69, 9.17) is 10.2 Å². The zero-order valence-electron chi connectivity index (χ0n) is 15.8. The van der Waals surface area contributed by atoms with E-state index in [1.807, 2.05) is 4.57 Å². The van der Waals surface area contributed by atoms with E-state index in [0.717, 1.165) is 28.8 Å². The Morgan fingerprint density at radius 2 is 2.04 bits per heavy atom. The molecule has 0 spiro atoms. The Kier molecular flexibility index (Phi) is 6.45. The first kappa shape index (κ1) is 20.1. The number of hydrogen-bond donors (Lipinski definition) is 1. The minimum atomic E-state index is -0.357. The third-order valence-electron chi connectivity index (χ3n) is 3.93. The van der Waals surface area contributed by atoms with Gasteiger partial charge in [0.25, 0.3) is 0 Å². The Morgan fingerprint density at radius 3 is 2.71 bits per heavy atom. The number of hydrogen-bond acceptors (Lipinski definition) is 6. The van der Waals surface area contributed by atoms with Gasteiger partial charge in [0.2, 0.25) is 11.8 Å². The zero-order valence-corrected chi connectivity index (χ0v) is 16.6. The third kappa shape index (κ3) is 5.19. The number of thioether (sulfide) groups is 1. The average Bonchev–Trinajstić information content (AvgIpc) is 3.26. The molecule has 0 aliphatic rings. The molecule has 0 unspecified atom stereocenters. The van der Waals surface area contributed by atoms with Crippen molar-refractivity contribution in [3.63, 3.8) is 0 Å². The number of halogens is 1. The van der Waals surface area contributed by atoms with Crippen LogP contribution in [0.4, 0.5) is 4.39 Å². The minimum absolute atomic E-state index is 0.241. The molecule has 7 nitrogen and oxygen atoms in total. The van der Waals surface area contributed by atoms with Gasteiger partial charge >= 0.3 is 0 Å². The number of carbonyl (C=O) groups is 1. The smallest absolute Gasteiger partial charge is 0.226 e. The lowest BCUT2D eigenvalue weighted by Gasteiger charge is -2.11. The fraction of sp³-hybridized carbons (Fsp3) is 0.368. The van der Waals surface area contributed by atoms with E-state index >= 15 is 0 Å². The lowest BCUT2D eigenvalue weighted by molar-refractivity contribution is -0.118. The Bertz CT molecular complexity index is 936. The summed E-state index contributed by atoms with van der Waals surface area (Å²) in [6.45, 7) is 4.97. The maximum atomic E-state index is 13.1. The predicted octanol–water partition coefficient (Wildman–Crippen LogP) is 3.44. The molecule has 0 radical (unpaired) electrons. The van der Waals surface area contributed by atoms with Crippen molar-refractivity contribution in [3.05, 3.63) is 47.9 Å². The lowest BCUT2D eigenvalue weighted by Crippen LogP contribution is -2.15. The van der Waals surface area contributed by atoms with Gasteiger partial charge in [0.1, 0.15) is 17.9 Å². The van der Waals surface area contributed by atoms with Crippen LogP contribution < -0.4 is 5.73 Å². The average molecular weight is 403 g/mol. The third-order valence-corrected chi connectivity index (χ3v) is 4.93. The van der Waals surface area contributed by atoms with Crippen LogP contribution in [0.25, 0.3) is 11.5 Å². The number of rotatable bonds is 9. The molecule has 9 heteroatoms. The molecular formula is C19H22FN5O2S. The topological polar surface area (TPSA) is 99.8 Å². The number of oxazole rings is 1. The second-order valence-corrected chi connectivity index (χ2v) is 7.75. The summed E-state index contributed by atoms with van der Waals surface area (Å²) in [6.07, 6.45) is 2.29. The van der Waals surface area contributed by atoms with Gasteiger partial charge in [0.05, 0.1) is 5.69 Å². The number of nitrogens with two attached hydrogens (primary N) is 1. The lowest BCUT2D eigenvalue weighted by atomic mass is 10.2. The van der Waals surface area contributed by atoms with Crippen molar-refractivity contribution in [1.82, 2.24) is 19.7 Å². The zero-order chi connectivity index (χ0) is 20.1. The Labute approximate surface area is 166 Å². The van der Waals surface area contributed by atoms with Gasteiger partial charge in [-0.2, -0.15) is 0 Å². The van der Waals surface area contributed by atoms with Gasteiger partial charge in [-0.1, -0.05) is 25.6 Å². The maximum absolute atomic E-state index is 13.1. The van der Waals surface area contributed by atoms with Crippen molar-refractivity contribution in [2.75, 3.05) is 0 Å². The van der Waals surface area contributed by atoms with Crippen LogP contribution in [0.1, 0.15) is 31.8 Å². The number of aryl methyl sites for hydroxylation is 1. The number of primary amides is 1. The summed E-state index contributed by atoms with van der Waals surface area (Å²) in [5.74, 6) is 1.49. The van der Waals surface area contributed by atoms with Gasteiger partial charge in [-0.05, 0) is 30.2 Å². The molecule has 0 aliphatic carbocycles. The summed E-state index contributed by atoms with van der Waals surface area (Å²) < 4.78 is 20.6. The summed E-state index contributed by atoms with van der Waals surface area (Å²) in [6, 6.07) is 6.00. The van der Waals surface area contributed by atoms with Crippen LogP contribution in [0.15, 0.2) is 40.1 Å². The number of benzene rings is 1. The highest BCUT2D eigenvalue weighted by Crippen LogP contribution is 2.25. The highest BCUT2D eigenvalue weighted by Gasteiger charge is 2.16. The van der Waals surface area contributed by atoms with Crippen LogP contribution in [0, 0.1) is 11.7 Å². The quantitative estimate of drug-likeness (QED) is 0.550. The molecule has 1 amide bonds. The molecule has 28 heavy (non-hydrogen) atoms. The fourth-order valence-electron chi connectivity index (χ4n) is 2.63. The first-order valence-corrected chi connectivity index (χ1v) is 9.94. The Hall–Kier alpha value is -2.68. The Morgan fingerprint density at radius 1 is 1.29 bits per heavy atom. The second kappa shape index (κ2) is 9.01. The molecule has 0 saturated carbocycles. The van der Waals surface area contributed by atoms with Gasteiger partial charge in [0, 0.05) is 30.7 Å². The summed E-state index contributed by atoms with van der Waals surface area (Å²) in [5, 5.41) is 9.24. The van der Waals surface area contributed by atoms with Crippen molar-refractivity contribution < 1.29 is 13.6 Å². The van der Waals surface area contributed by atoms with Gasteiger partial charge in [0.15, 0.2) is 5.16 Å². The summed E-state index contributed by atoms with van der Waals surface area (Å²) in [4.78, 5) is 15.5. The monoisotopic (exact) mass is 403 g/mol. The van der Waals surface area contributed by atoms with Crippen molar-refractivity contribution >= 4 is 17.7 Å².